The molecule has 1 saturated heterocycles. The molecule has 1 N–H and O–H groups in total. The van der Waals surface area contributed by atoms with Gasteiger partial charge in [-0.05, 0) is 49.4 Å². The van der Waals surface area contributed by atoms with Crippen LogP contribution < -0.4 is 0 Å². The Bertz CT molecular complexity index is 366. The predicted octanol–water partition coefficient (Wildman–Crippen LogP) is 4.07. The van der Waals surface area contributed by atoms with E-state index in [2.05, 4.69) is 20.8 Å². The van der Waals surface area contributed by atoms with Crippen LogP contribution in [0.3, 0.4) is 0 Å². The SMILES string of the molecule is CCCC[C@@](C)(O)[C@@H]1OC[C@@H]2[C@H](C[C@H]3C[C@@H]2C3(C)C)S1. The molecule has 20 heavy (non-hydrogen) atoms. The zero-order chi connectivity index (χ0) is 14.5. The van der Waals surface area contributed by atoms with Gasteiger partial charge in [0, 0.05) is 5.25 Å². The van der Waals surface area contributed by atoms with Crippen molar-refractivity contribution in [1.82, 2.24) is 0 Å². The van der Waals surface area contributed by atoms with Gasteiger partial charge >= 0.3 is 0 Å². The topological polar surface area (TPSA) is 29.5 Å². The van der Waals surface area contributed by atoms with Crippen LogP contribution in [0.2, 0.25) is 0 Å². The highest BCUT2D eigenvalue weighted by atomic mass is 32.2. The summed E-state index contributed by atoms with van der Waals surface area (Å²) in [5, 5.41) is 11.4. The lowest BCUT2D eigenvalue weighted by molar-refractivity contribution is -0.146. The first-order valence-electron chi connectivity index (χ1n) is 8.35. The van der Waals surface area contributed by atoms with Gasteiger partial charge in [0.15, 0.2) is 0 Å². The van der Waals surface area contributed by atoms with Crippen molar-refractivity contribution < 1.29 is 9.84 Å². The number of hydrogen-bond donors (Lipinski definition) is 1. The number of thioether (sulfide) groups is 1. The maximum absolute atomic E-state index is 10.7. The molecule has 116 valence electrons. The van der Waals surface area contributed by atoms with E-state index in [-0.39, 0.29) is 5.44 Å². The minimum atomic E-state index is -0.664. The van der Waals surface area contributed by atoms with Gasteiger partial charge in [-0.3, -0.25) is 0 Å². The summed E-state index contributed by atoms with van der Waals surface area (Å²) in [4.78, 5) is 0. The Morgan fingerprint density at radius 2 is 2.10 bits per heavy atom. The summed E-state index contributed by atoms with van der Waals surface area (Å²) in [6.07, 6.45) is 5.83. The van der Waals surface area contributed by atoms with Gasteiger partial charge in [0.25, 0.3) is 0 Å². The minimum absolute atomic E-state index is 0.0177. The van der Waals surface area contributed by atoms with Crippen molar-refractivity contribution in [1.29, 1.82) is 0 Å². The summed E-state index contributed by atoms with van der Waals surface area (Å²) < 4.78 is 6.11. The molecule has 4 fully saturated rings. The number of aliphatic hydroxyl groups is 1. The maximum Gasteiger partial charge on any atom is 0.131 e. The van der Waals surface area contributed by atoms with Crippen LogP contribution in [0.4, 0.5) is 0 Å². The highest BCUT2D eigenvalue weighted by Crippen LogP contribution is 2.64. The molecule has 0 radical (unpaired) electrons. The van der Waals surface area contributed by atoms with E-state index in [1.165, 1.54) is 12.8 Å². The summed E-state index contributed by atoms with van der Waals surface area (Å²) in [6, 6.07) is 0. The minimum Gasteiger partial charge on any atom is -0.387 e. The van der Waals surface area contributed by atoms with Gasteiger partial charge in [-0.1, -0.05) is 33.6 Å². The lowest BCUT2D eigenvalue weighted by atomic mass is 9.45. The Kier molecular flexibility index (Phi) is 3.92. The molecule has 2 nitrogen and oxygen atoms in total. The van der Waals surface area contributed by atoms with Crippen LogP contribution in [-0.2, 0) is 4.74 Å². The van der Waals surface area contributed by atoms with Crippen LogP contribution >= 0.6 is 11.8 Å². The van der Waals surface area contributed by atoms with Gasteiger partial charge in [0.2, 0.25) is 0 Å². The molecule has 6 atom stereocenters. The second kappa shape index (κ2) is 5.17. The molecule has 0 aromatic heterocycles. The second-order valence-electron chi connectivity index (χ2n) is 8.06. The van der Waals surface area contributed by atoms with Crippen LogP contribution in [-0.4, -0.2) is 28.0 Å². The predicted molar refractivity (Wildman–Crippen MR) is 84.8 cm³/mol. The molecule has 1 heterocycles. The van der Waals surface area contributed by atoms with Crippen LogP contribution in [0.15, 0.2) is 0 Å². The van der Waals surface area contributed by atoms with Crippen molar-refractivity contribution in [3.8, 4) is 0 Å². The third kappa shape index (κ3) is 2.34. The lowest BCUT2D eigenvalue weighted by Crippen LogP contribution is -2.60. The molecular weight excluding hydrogens is 268 g/mol. The molecule has 2 bridgehead atoms. The summed E-state index contributed by atoms with van der Waals surface area (Å²) >= 11 is 1.94. The van der Waals surface area contributed by atoms with Crippen LogP contribution in [0, 0.1) is 23.2 Å². The van der Waals surface area contributed by atoms with E-state index < -0.39 is 5.60 Å². The molecule has 1 aliphatic heterocycles. The molecule has 3 heteroatoms. The first-order valence-corrected chi connectivity index (χ1v) is 9.30. The van der Waals surface area contributed by atoms with E-state index in [0.717, 1.165) is 48.9 Å². The second-order valence-corrected chi connectivity index (χ2v) is 9.37. The number of hydrogen-bond acceptors (Lipinski definition) is 3. The number of ether oxygens (including phenoxy) is 1. The van der Waals surface area contributed by atoms with Crippen LogP contribution in [0.25, 0.3) is 0 Å². The Hall–Kier alpha value is 0.270. The summed E-state index contributed by atoms with van der Waals surface area (Å²) in [5.41, 5.74) is -0.151. The molecule has 3 aliphatic carbocycles. The third-order valence-electron chi connectivity index (χ3n) is 6.34. The fraction of sp³-hybridized carbons (Fsp3) is 1.00. The maximum atomic E-state index is 10.7. The van der Waals surface area contributed by atoms with Crippen molar-refractivity contribution in [2.45, 2.75) is 76.1 Å². The van der Waals surface area contributed by atoms with Gasteiger partial charge in [0.05, 0.1) is 12.2 Å². The highest BCUT2D eigenvalue weighted by Gasteiger charge is 2.59. The molecule has 0 aromatic rings. The first kappa shape index (κ1) is 15.2. The Morgan fingerprint density at radius 1 is 1.35 bits per heavy atom. The zero-order valence-electron chi connectivity index (χ0n) is 13.4. The van der Waals surface area contributed by atoms with Crippen LogP contribution in [0.1, 0.15) is 59.8 Å². The molecule has 0 unspecified atom stereocenters. The summed E-state index contributed by atoms with van der Waals surface area (Å²) in [7, 11) is 0. The molecule has 0 spiro atoms. The largest absolute Gasteiger partial charge is 0.387 e. The van der Waals surface area contributed by atoms with Crippen molar-refractivity contribution in [2.24, 2.45) is 23.2 Å². The average Bonchev–Trinajstić information content (AvgIpc) is 2.43. The van der Waals surface area contributed by atoms with Crippen molar-refractivity contribution in [2.75, 3.05) is 6.61 Å². The van der Waals surface area contributed by atoms with Gasteiger partial charge in [-0.25, -0.2) is 0 Å². The zero-order valence-corrected chi connectivity index (χ0v) is 14.2. The highest BCUT2D eigenvalue weighted by molar-refractivity contribution is 8.00. The molecule has 4 rings (SSSR count). The fourth-order valence-corrected chi connectivity index (χ4v) is 6.35. The average molecular weight is 298 g/mol. The van der Waals surface area contributed by atoms with E-state index in [0.29, 0.717) is 5.41 Å². The Balaban J connectivity index is 1.63. The van der Waals surface area contributed by atoms with Gasteiger partial charge in [0.1, 0.15) is 5.44 Å². The van der Waals surface area contributed by atoms with E-state index in [9.17, 15) is 5.11 Å². The van der Waals surface area contributed by atoms with Crippen molar-refractivity contribution >= 4 is 11.8 Å². The van der Waals surface area contributed by atoms with E-state index >= 15 is 0 Å². The van der Waals surface area contributed by atoms with Crippen molar-refractivity contribution in [3.05, 3.63) is 0 Å². The quantitative estimate of drug-likeness (QED) is 0.848. The fourth-order valence-electron chi connectivity index (χ4n) is 4.65. The number of rotatable bonds is 4. The molecular formula is C17H30O2S. The Morgan fingerprint density at radius 3 is 2.75 bits per heavy atom. The molecule has 0 aromatic carbocycles. The Labute approximate surface area is 128 Å². The van der Waals surface area contributed by atoms with E-state index in [4.69, 9.17) is 4.74 Å². The van der Waals surface area contributed by atoms with Gasteiger partial charge < -0.3 is 9.84 Å². The monoisotopic (exact) mass is 298 g/mol. The molecule has 3 saturated carbocycles. The van der Waals surface area contributed by atoms with Crippen LogP contribution in [0.5, 0.6) is 0 Å². The molecule has 4 aliphatic rings. The summed E-state index contributed by atoms with van der Waals surface area (Å²) in [6.45, 7) is 9.89. The van der Waals surface area contributed by atoms with Crippen molar-refractivity contribution in [3.63, 3.8) is 0 Å². The first-order chi connectivity index (χ1) is 9.36. The third-order valence-corrected chi connectivity index (χ3v) is 8.12. The molecule has 0 amide bonds. The standard InChI is InChI=1S/C17H30O2S/c1-5-6-7-17(4,18)15-19-10-12-13-8-11(16(13,2)3)9-14(12)20-15/h11-15,18H,5-10H2,1-4H3/t11-,12+,13+,14+,15-,17-/m1/s1. The van der Waals surface area contributed by atoms with Gasteiger partial charge in [-0.2, -0.15) is 0 Å². The normalized spacial score (nSPS) is 45.1. The van der Waals surface area contributed by atoms with Gasteiger partial charge in [-0.15, -0.1) is 11.8 Å². The van der Waals surface area contributed by atoms with E-state index in [1.807, 2.05) is 18.7 Å². The lowest BCUT2D eigenvalue weighted by Gasteiger charge is -2.64. The summed E-state index contributed by atoms with van der Waals surface area (Å²) in [5.74, 6) is 2.47. The van der Waals surface area contributed by atoms with E-state index in [1.54, 1.807) is 0 Å². The number of unbranched alkanes of at least 4 members (excludes halogenated alkanes) is 1. The smallest absolute Gasteiger partial charge is 0.131 e.